The summed E-state index contributed by atoms with van der Waals surface area (Å²) in [5, 5.41) is 5.46. The van der Waals surface area contributed by atoms with Gasteiger partial charge in [0.2, 0.25) is 0 Å². The van der Waals surface area contributed by atoms with Crippen LogP contribution in [0.25, 0.3) is 0 Å². The van der Waals surface area contributed by atoms with Gasteiger partial charge in [-0.15, -0.1) is 0 Å². The summed E-state index contributed by atoms with van der Waals surface area (Å²) < 4.78 is 0. The van der Waals surface area contributed by atoms with Gasteiger partial charge in [0.25, 0.3) is 0 Å². The number of hydrazine groups is 1. The summed E-state index contributed by atoms with van der Waals surface area (Å²) >= 11 is 0. The SMILES string of the molecule is NC(N)=NC(CC[C@@H](C=O)NN1CCC1)C(=O)[C@H]1NCC[C@@H]2CCCC[C@@H]21. The number of piperidine rings is 1. The second-order valence-corrected chi connectivity index (χ2v) is 8.19. The van der Waals surface area contributed by atoms with Gasteiger partial charge in [0.1, 0.15) is 12.3 Å². The lowest BCUT2D eigenvalue weighted by molar-refractivity contribution is -0.125. The highest BCUT2D eigenvalue weighted by atomic mass is 16.1. The highest BCUT2D eigenvalue weighted by molar-refractivity contribution is 5.92. The van der Waals surface area contributed by atoms with Crippen molar-refractivity contribution in [3.05, 3.63) is 0 Å². The van der Waals surface area contributed by atoms with Gasteiger partial charge in [0.05, 0.1) is 12.1 Å². The Bertz CT molecular complexity index is 544. The first kappa shape index (κ1) is 20.2. The van der Waals surface area contributed by atoms with Gasteiger partial charge >= 0.3 is 0 Å². The predicted octanol–water partition coefficient (Wildman–Crippen LogP) is -0.0762. The average molecular weight is 379 g/mol. The average Bonchev–Trinajstić information content (AvgIpc) is 2.64. The molecule has 0 radical (unpaired) electrons. The lowest BCUT2D eigenvalue weighted by atomic mass is 9.70. The molecule has 27 heavy (non-hydrogen) atoms. The molecule has 8 heteroatoms. The highest BCUT2D eigenvalue weighted by Gasteiger charge is 2.40. The molecule has 6 N–H and O–H groups in total. The van der Waals surface area contributed by atoms with Crippen molar-refractivity contribution in [3.63, 3.8) is 0 Å². The number of ketones is 1. The molecule has 1 unspecified atom stereocenters. The molecule has 5 atom stereocenters. The number of hydrogen-bond acceptors (Lipinski definition) is 6. The van der Waals surface area contributed by atoms with E-state index in [0.29, 0.717) is 24.7 Å². The lowest BCUT2D eigenvalue weighted by Gasteiger charge is -2.42. The molecule has 8 nitrogen and oxygen atoms in total. The molecule has 1 saturated carbocycles. The van der Waals surface area contributed by atoms with Crippen molar-refractivity contribution in [1.29, 1.82) is 0 Å². The van der Waals surface area contributed by atoms with Crippen LogP contribution < -0.4 is 22.2 Å². The Balaban J connectivity index is 1.62. The molecule has 2 saturated heterocycles. The highest BCUT2D eigenvalue weighted by Crippen LogP contribution is 2.37. The number of nitrogens with two attached hydrogens (primary N) is 2. The van der Waals surface area contributed by atoms with Crippen LogP contribution in [0, 0.1) is 11.8 Å². The maximum Gasteiger partial charge on any atom is 0.186 e. The largest absolute Gasteiger partial charge is 0.370 e. The monoisotopic (exact) mass is 378 g/mol. The van der Waals surface area contributed by atoms with Crippen LogP contribution in [0.2, 0.25) is 0 Å². The predicted molar refractivity (Wildman–Crippen MR) is 105 cm³/mol. The van der Waals surface area contributed by atoms with E-state index in [-0.39, 0.29) is 23.8 Å². The standard InChI is InChI=1S/C19H34N6O2/c20-19(21)23-16(7-6-14(12-26)24-25-10-3-11-25)18(27)17-15-5-2-1-4-13(15)8-9-22-17/h12-17,22,24H,1-11H2,(H4,20,21,23)/t13-,14-,15-,16?,17-/m0/s1. The minimum absolute atomic E-state index is 0.0669. The van der Waals surface area contributed by atoms with Crippen molar-refractivity contribution in [1.82, 2.24) is 15.8 Å². The minimum Gasteiger partial charge on any atom is -0.370 e. The zero-order chi connectivity index (χ0) is 19.2. The van der Waals surface area contributed by atoms with E-state index in [4.69, 9.17) is 11.5 Å². The van der Waals surface area contributed by atoms with Crippen molar-refractivity contribution in [2.75, 3.05) is 19.6 Å². The molecular weight excluding hydrogens is 344 g/mol. The van der Waals surface area contributed by atoms with Crippen LogP contribution in [-0.2, 0) is 9.59 Å². The molecule has 0 aromatic heterocycles. The summed E-state index contributed by atoms with van der Waals surface area (Å²) in [5.74, 6) is 1.03. The van der Waals surface area contributed by atoms with Crippen molar-refractivity contribution < 1.29 is 9.59 Å². The van der Waals surface area contributed by atoms with E-state index in [1.54, 1.807) is 0 Å². The molecular formula is C19H34N6O2. The molecule has 2 aliphatic heterocycles. The van der Waals surface area contributed by atoms with Gasteiger partial charge in [0, 0.05) is 13.1 Å². The summed E-state index contributed by atoms with van der Waals surface area (Å²) in [6, 6.07) is -1.07. The molecule has 152 valence electrons. The van der Waals surface area contributed by atoms with E-state index in [2.05, 4.69) is 15.7 Å². The van der Waals surface area contributed by atoms with Crippen LogP contribution in [0.4, 0.5) is 0 Å². The van der Waals surface area contributed by atoms with Gasteiger partial charge in [-0.1, -0.05) is 19.3 Å². The van der Waals surface area contributed by atoms with Crippen LogP contribution in [0.15, 0.2) is 4.99 Å². The molecule has 0 aromatic rings. The van der Waals surface area contributed by atoms with Crippen LogP contribution >= 0.6 is 0 Å². The number of nitrogens with zero attached hydrogens (tertiary/aromatic N) is 2. The van der Waals surface area contributed by atoms with Gasteiger partial charge < -0.3 is 21.6 Å². The van der Waals surface area contributed by atoms with Crippen molar-refractivity contribution >= 4 is 18.0 Å². The van der Waals surface area contributed by atoms with E-state index in [9.17, 15) is 9.59 Å². The molecule has 3 aliphatic rings. The number of rotatable bonds is 9. The normalized spacial score (nSPS) is 30.4. The molecule has 0 bridgehead atoms. The molecule has 3 rings (SSSR count). The quantitative estimate of drug-likeness (QED) is 0.251. The van der Waals surface area contributed by atoms with Gasteiger partial charge in [-0.25, -0.2) is 15.4 Å². The molecule has 1 aliphatic carbocycles. The van der Waals surface area contributed by atoms with Gasteiger partial charge in [-0.05, 0) is 50.5 Å². The number of fused-ring (bicyclic) bond motifs is 1. The lowest BCUT2D eigenvalue weighted by Crippen LogP contribution is -2.55. The Hall–Kier alpha value is -1.51. The Morgan fingerprint density at radius 1 is 1.19 bits per heavy atom. The Morgan fingerprint density at radius 2 is 1.96 bits per heavy atom. The fourth-order valence-corrected chi connectivity index (χ4v) is 4.76. The molecule has 2 heterocycles. The van der Waals surface area contributed by atoms with Gasteiger partial charge in [-0.2, -0.15) is 0 Å². The Labute approximate surface area is 161 Å². The van der Waals surface area contributed by atoms with Gasteiger partial charge in [-0.3, -0.25) is 4.79 Å². The first-order valence-corrected chi connectivity index (χ1v) is 10.4. The zero-order valence-electron chi connectivity index (χ0n) is 16.1. The first-order chi connectivity index (χ1) is 13.1. The summed E-state index contributed by atoms with van der Waals surface area (Å²) in [5.41, 5.74) is 14.4. The van der Waals surface area contributed by atoms with Crippen LogP contribution in [-0.4, -0.2) is 60.8 Å². The second kappa shape index (κ2) is 9.61. The summed E-state index contributed by atoms with van der Waals surface area (Å²) in [7, 11) is 0. The molecule has 0 spiro atoms. The van der Waals surface area contributed by atoms with E-state index in [0.717, 1.165) is 45.2 Å². The van der Waals surface area contributed by atoms with Crippen molar-refractivity contribution in [2.45, 2.75) is 69.5 Å². The third kappa shape index (κ3) is 5.27. The summed E-state index contributed by atoms with van der Waals surface area (Å²) in [4.78, 5) is 28.9. The van der Waals surface area contributed by atoms with E-state index in [1.165, 1.54) is 19.3 Å². The van der Waals surface area contributed by atoms with Crippen LogP contribution in [0.3, 0.4) is 0 Å². The third-order valence-electron chi connectivity index (χ3n) is 6.34. The summed E-state index contributed by atoms with van der Waals surface area (Å²) in [6.07, 6.45) is 8.97. The van der Waals surface area contributed by atoms with Crippen LogP contribution in [0.5, 0.6) is 0 Å². The fourth-order valence-electron chi connectivity index (χ4n) is 4.76. The third-order valence-corrected chi connectivity index (χ3v) is 6.34. The first-order valence-electron chi connectivity index (χ1n) is 10.4. The molecule has 0 aromatic carbocycles. The maximum atomic E-state index is 13.3. The fraction of sp³-hybridized carbons (Fsp3) is 0.842. The second-order valence-electron chi connectivity index (χ2n) is 8.19. The van der Waals surface area contributed by atoms with E-state index < -0.39 is 6.04 Å². The number of hydrogen-bond donors (Lipinski definition) is 4. The van der Waals surface area contributed by atoms with Crippen molar-refractivity contribution in [2.24, 2.45) is 28.3 Å². The molecule has 3 fully saturated rings. The molecule has 0 amide bonds. The van der Waals surface area contributed by atoms with Gasteiger partial charge in [0.15, 0.2) is 11.7 Å². The Kier molecular flexibility index (Phi) is 7.20. The summed E-state index contributed by atoms with van der Waals surface area (Å²) in [6.45, 7) is 2.78. The smallest absolute Gasteiger partial charge is 0.186 e. The van der Waals surface area contributed by atoms with Crippen LogP contribution in [0.1, 0.15) is 51.4 Å². The zero-order valence-corrected chi connectivity index (χ0v) is 16.1. The number of nitrogens with one attached hydrogen (secondary N) is 2. The number of carbonyl (C=O) groups is 2. The number of guanidine groups is 1. The number of Topliss-reactive ketones (excluding diaryl/α,β-unsaturated/α-hetero) is 1. The van der Waals surface area contributed by atoms with E-state index >= 15 is 0 Å². The number of aldehydes is 1. The number of aliphatic imine (C=N–C) groups is 1. The van der Waals surface area contributed by atoms with E-state index in [1.807, 2.05) is 5.01 Å². The maximum absolute atomic E-state index is 13.3. The Morgan fingerprint density at radius 3 is 2.63 bits per heavy atom. The minimum atomic E-state index is -0.589. The topological polar surface area (TPSA) is 126 Å². The van der Waals surface area contributed by atoms with Crippen molar-refractivity contribution in [3.8, 4) is 0 Å². The number of carbonyl (C=O) groups excluding carboxylic acids is 2.